The molecule has 4 heterocycles. The molecule has 0 aliphatic rings. The van der Waals surface area contributed by atoms with Crippen LogP contribution in [0.25, 0.3) is 33.5 Å². The molecule has 5 rings (SSSR count). The van der Waals surface area contributed by atoms with E-state index in [9.17, 15) is 4.79 Å². The Kier molecular flexibility index (Phi) is 6.85. The molecule has 1 amide bonds. The molecule has 0 radical (unpaired) electrons. The van der Waals surface area contributed by atoms with Gasteiger partial charge in [0.2, 0.25) is 0 Å². The average molecular weight is 484 g/mol. The second-order valence-electron chi connectivity index (χ2n) is 8.65. The molecule has 36 heavy (non-hydrogen) atoms. The van der Waals surface area contributed by atoms with Crippen molar-refractivity contribution < 1.29 is 4.79 Å². The molecule has 5 aromatic rings. The molecule has 4 aromatic heterocycles. The molecule has 184 valence electrons. The molecule has 0 saturated carbocycles. The molecule has 5 N–H and O–H groups in total. The molecule has 0 aliphatic carbocycles. The van der Waals surface area contributed by atoms with Gasteiger partial charge in [0, 0.05) is 42.6 Å². The molecule has 0 aliphatic heterocycles. The van der Waals surface area contributed by atoms with E-state index in [0.29, 0.717) is 23.8 Å². The lowest BCUT2D eigenvalue weighted by Crippen LogP contribution is -2.25. The van der Waals surface area contributed by atoms with Gasteiger partial charge in [-0.1, -0.05) is 13.0 Å². The summed E-state index contributed by atoms with van der Waals surface area (Å²) in [7, 11) is 0. The summed E-state index contributed by atoms with van der Waals surface area (Å²) in [5, 5.41) is 14.8. The van der Waals surface area contributed by atoms with Gasteiger partial charge in [0.1, 0.15) is 11.4 Å². The Bertz CT molecular complexity index is 1470. The number of pyridine rings is 1. The third-order valence-corrected chi connectivity index (χ3v) is 6.25. The van der Waals surface area contributed by atoms with Crippen LogP contribution in [-0.4, -0.2) is 54.1 Å². The molecule has 1 aromatic carbocycles. The van der Waals surface area contributed by atoms with Crippen molar-refractivity contribution in [1.29, 1.82) is 0 Å². The van der Waals surface area contributed by atoms with Gasteiger partial charge in [0.05, 0.1) is 23.7 Å². The van der Waals surface area contributed by atoms with Gasteiger partial charge in [-0.15, -0.1) is 0 Å². The summed E-state index contributed by atoms with van der Waals surface area (Å²) in [6.45, 7) is 6.45. The second kappa shape index (κ2) is 10.5. The summed E-state index contributed by atoms with van der Waals surface area (Å²) >= 11 is 0. The molecular formula is C26H29N9O. The first-order valence-corrected chi connectivity index (χ1v) is 12.1. The van der Waals surface area contributed by atoms with Gasteiger partial charge in [0.25, 0.3) is 5.91 Å². The number of carbonyl (C=O) groups is 1. The van der Waals surface area contributed by atoms with Crippen LogP contribution in [0, 0.1) is 6.92 Å². The van der Waals surface area contributed by atoms with Crippen molar-refractivity contribution >= 4 is 16.8 Å². The predicted molar refractivity (Wildman–Crippen MR) is 138 cm³/mol. The van der Waals surface area contributed by atoms with Crippen molar-refractivity contribution in [3.63, 3.8) is 0 Å². The monoisotopic (exact) mass is 483 g/mol. The fraction of sp³-hybridized carbons (Fsp3) is 0.269. The van der Waals surface area contributed by atoms with E-state index in [2.05, 4.69) is 71.7 Å². The van der Waals surface area contributed by atoms with Crippen LogP contribution in [0.5, 0.6) is 0 Å². The SMILES string of the molecule is CCNCc1cncc(-c2ccc3[nH]nc(-c4ncc(C(=O)NCCCc5c[nH]cn5)[nH]4)c3c2)c1C. The van der Waals surface area contributed by atoms with E-state index in [0.717, 1.165) is 53.7 Å². The highest BCUT2D eigenvalue weighted by Gasteiger charge is 2.16. The molecule has 0 bridgehead atoms. The molecule has 0 spiro atoms. The Morgan fingerprint density at radius 1 is 1.14 bits per heavy atom. The van der Waals surface area contributed by atoms with Crippen LogP contribution < -0.4 is 10.6 Å². The zero-order valence-electron chi connectivity index (χ0n) is 20.4. The van der Waals surface area contributed by atoms with Gasteiger partial charge < -0.3 is 20.6 Å². The van der Waals surface area contributed by atoms with Gasteiger partial charge in [0.15, 0.2) is 5.82 Å². The topological polar surface area (TPSA) is 140 Å². The Hall–Kier alpha value is -4.31. The van der Waals surface area contributed by atoms with E-state index in [4.69, 9.17) is 0 Å². The number of nitrogens with one attached hydrogen (secondary N) is 5. The maximum Gasteiger partial charge on any atom is 0.269 e. The van der Waals surface area contributed by atoms with Crippen LogP contribution in [0.15, 0.2) is 49.3 Å². The minimum atomic E-state index is -0.199. The van der Waals surface area contributed by atoms with E-state index in [-0.39, 0.29) is 5.91 Å². The van der Waals surface area contributed by atoms with Crippen molar-refractivity contribution in [1.82, 2.24) is 45.8 Å². The number of amides is 1. The molecule has 0 fully saturated rings. The second-order valence-corrected chi connectivity index (χ2v) is 8.65. The number of imidazole rings is 2. The van der Waals surface area contributed by atoms with E-state index in [1.54, 1.807) is 12.5 Å². The van der Waals surface area contributed by atoms with Gasteiger partial charge in [-0.3, -0.25) is 14.9 Å². The molecule has 0 unspecified atom stereocenters. The summed E-state index contributed by atoms with van der Waals surface area (Å²) in [6.07, 6.45) is 10.5. The Morgan fingerprint density at radius 3 is 2.89 bits per heavy atom. The highest BCUT2D eigenvalue weighted by atomic mass is 16.1. The van der Waals surface area contributed by atoms with Crippen LogP contribution in [0.3, 0.4) is 0 Å². The smallest absolute Gasteiger partial charge is 0.269 e. The zero-order chi connectivity index (χ0) is 24.9. The lowest BCUT2D eigenvalue weighted by Gasteiger charge is -2.11. The number of aryl methyl sites for hydroxylation is 1. The quantitative estimate of drug-likeness (QED) is 0.193. The van der Waals surface area contributed by atoms with Gasteiger partial charge in [-0.05, 0) is 55.1 Å². The Morgan fingerprint density at radius 2 is 2.06 bits per heavy atom. The highest BCUT2D eigenvalue weighted by Crippen LogP contribution is 2.31. The lowest BCUT2D eigenvalue weighted by atomic mass is 9.98. The summed E-state index contributed by atoms with van der Waals surface area (Å²) in [5.41, 5.74) is 7.43. The third kappa shape index (κ3) is 4.89. The minimum Gasteiger partial charge on any atom is -0.351 e. The number of nitrogens with zero attached hydrogens (tertiary/aromatic N) is 4. The number of benzene rings is 1. The summed E-state index contributed by atoms with van der Waals surface area (Å²) in [5.74, 6) is 0.339. The first-order valence-electron chi connectivity index (χ1n) is 12.1. The van der Waals surface area contributed by atoms with Crippen molar-refractivity contribution in [3.8, 4) is 22.6 Å². The maximum absolute atomic E-state index is 12.6. The van der Waals surface area contributed by atoms with E-state index >= 15 is 0 Å². The number of hydrogen-bond acceptors (Lipinski definition) is 6. The van der Waals surface area contributed by atoms with Crippen molar-refractivity contribution in [2.75, 3.05) is 13.1 Å². The summed E-state index contributed by atoms with van der Waals surface area (Å²) in [4.78, 5) is 31.7. The van der Waals surface area contributed by atoms with Crippen LogP contribution in [-0.2, 0) is 13.0 Å². The zero-order valence-corrected chi connectivity index (χ0v) is 20.4. The van der Waals surface area contributed by atoms with Gasteiger partial charge >= 0.3 is 0 Å². The van der Waals surface area contributed by atoms with Crippen molar-refractivity contribution in [2.24, 2.45) is 0 Å². The normalized spacial score (nSPS) is 11.3. The lowest BCUT2D eigenvalue weighted by molar-refractivity contribution is 0.0949. The molecule has 0 saturated heterocycles. The van der Waals surface area contributed by atoms with Crippen LogP contribution >= 0.6 is 0 Å². The Labute approximate surface area is 208 Å². The van der Waals surface area contributed by atoms with Gasteiger partial charge in [-0.2, -0.15) is 5.10 Å². The molecular weight excluding hydrogens is 454 g/mol. The first-order chi connectivity index (χ1) is 17.6. The largest absolute Gasteiger partial charge is 0.351 e. The van der Waals surface area contributed by atoms with Gasteiger partial charge in [-0.25, -0.2) is 9.97 Å². The van der Waals surface area contributed by atoms with Crippen LogP contribution in [0.1, 0.15) is 40.7 Å². The number of aromatic amines is 3. The van der Waals surface area contributed by atoms with Crippen LogP contribution in [0.4, 0.5) is 0 Å². The van der Waals surface area contributed by atoms with E-state index < -0.39 is 0 Å². The minimum absolute atomic E-state index is 0.199. The van der Waals surface area contributed by atoms with Crippen molar-refractivity contribution in [3.05, 3.63) is 71.8 Å². The summed E-state index contributed by atoms with van der Waals surface area (Å²) < 4.78 is 0. The molecule has 10 nitrogen and oxygen atoms in total. The number of hydrogen-bond donors (Lipinski definition) is 5. The van der Waals surface area contributed by atoms with Crippen molar-refractivity contribution in [2.45, 2.75) is 33.2 Å². The highest BCUT2D eigenvalue weighted by molar-refractivity contribution is 5.96. The average Bonchev–Trinajstić information content (AvgIpc) is 3.66. The molecule has 10 heteroatoms. The predicted octanol–water partition coefficient (Wildman–Crippen LogP) is 3.52. The third-order valence-electron chi connectivity index (χ3n) is 6.25. The fourth-order valence-electron chi connectivity index (χ4n) is 4.21. The first kappa shape index (κ1) is 23.4. The fourth-order valence-corrected chi connectivity index (χ4v) is 4.21. The Balaban J connectivity index is 1.34. The molecule has 0 atom stereocenters. The maximum atomic E-state index is 12.6. The van der Waals surface area contributed by atoms with E-state index in [1.165, 1.54) is 11.1 Å². The number of fused-ring (bicyclic) bond motifs is 1. The van der Waals surface area contributed by atoms with Crippen LogP contribution in [0.2, 0.25) is 0 Å². The van der Waals surface area contributed by atoms with E-state index in [1.807, 2.05) is 24.7 Å². The number of H-pyrrole nitrogens is 3. The number of rotatable bonds is 10. The standard InChI is InChI=1S/C26H29N9O/c1-3-27-10-18-11-28-13-21(16(18)2)17-6-7-22-20(9-17)24(35-34-22)25-31-14-23(33-25)26(36)30-8-4-5-19-12-29-15-32-19/h6-7,9,11-15,27H,3-5,8,10H2,1-2H3,(H,29,32)(H,30,36)(H,31,33)(H,34,35). The number of carbonyl (C=O) groups excluding carboxylic acids is 1. The summed E-state index contributed by atoms with van der Waals surface area (Å²) in [6, 6.07) is 6.16. The number of aromatic nitrogens is 7.